The number of alkyl halides is 1. The van der Waals surface area contributed by atoms with Crippen LogP contribution in [0.25, 0.3) is 0 Å². The third-order valence-electron chi connectivity index (χ3n) is 1.11. The smallest absolute Gasteiger partial charge is 0.0511 e. The van der Waals surface area contributed by atoms with Crippen molar-refractivity contribution in [2.75, 3.05) is 0 Å². The summed E-state index contributed by atoms with van der Waals surface area (Å²) in [5, 5.41) is 0.842. The van der Waals surface area contributed by atoms with Crippen molar-refractivity contribution >= 4 is 15.9 Å². The third kappa shape index (κ3) is 1.79. The molecular weight excluding hydrogens is 178 g/mol. The summed E-state index contributed by atoms with van der Waals surface area (Å²) in [6, 6.07) is 4.06. The van der Waals surface area contributed by atoms with Crippen molar-refractivity contribution < 1.29 is 0 Å². The van der Waals surface area contributed by atoms with E-state index >= 15 is 0 Å². The SMILES string of the molecule is Cc1ccnc(CBr)c1. The molecule has 48 valence electrons. The van der Waals surface area contributed by atoms with E-state index in [0.717, 1.165) is 11.0 Å². The molecule has 0 fully saturated rings. The van der Waals surface area contributed by atoms with Crippen molar-refractivity contribution in [3.63, 3.8) is 0 Å². The fourth-order valence-corrected chi connectivity index (χ4v) is 0.978. The number of aryl methyl sites for hydroxylation is 1. The van der Waals surface area contributed by atoms with Crippen molar-refractivity contribution in [1.82, 2.24) is 4.98 Å². The average Bonchev–Trinajstić information content (AvgIpc) is 1.88. The molecule has 0 N–H and O–H groups in total. The number of halogens is 1. The molecule has 0 saturated carbocycles. The molecule has 0 aliphatic heterocycles. The maximum atomic E-state index is 4.11. The fraction of sp³-hybridized carbons (Fsp3) is 0.286. The lowest BCUT2D eigenvalue weighted by Gasteiger charge is -1.93. The predicted octanol–water partition coefficient (Wildman–Crippen LogP) is 2.28. The van der Waals surface area contributed by atoms with Gasteiger partial charge in [0.1, 0.15) is 0 Å². The van der Waals surface area contributed by atoms with Gasteiger partial charge in [0.05, 0.1) is 5.69 Å². The van der Waals surface area contributed by atoms with E-state index in [1.807, 2.05) is 12.3 Å². The second-order valence-corrected chi connectivity index (χ2v) is 2.52. The first-order valence-corrected chi connectivity index (χ1v) is 3.92. The predicted molar refractivity (Wildman–Crippen MR) is 41.6 cm³/mol. The van der Waals surface area contributed by atoms with E-state index in [-0.39, 0.29) is 0 Å². The lowest BCUT2D eigenvalue weighted by atomic mass is 10.3. The van der Waals surface area contributed by atoms with Gasteiger partial charge in [-0.2, -0.15) is 0 Å². The average molecular weight is 186 g/mol. The fourth-order valence-electron chi connectivity index (χ4n) is 0.672. The summed E-state index contributed by atoms with van der Waals surface area (Å²) in [5.74, 6) is 0. The number of aromatic nitrogens is 1. The first-order valence-electron chi connectivity index (χ1n) is 2.80. The van der Waals surface area contributed by atoms with Crippen LogP contribution < -0.4 is 0 Å². The van der Waals surface area contributed by atoms with Gasteiger partial charge in [-0.15, -0.1) is 0 Å². The molecule has 0 aromatic carbocycles. The van der Waals surface area contributed by atoms with Crippen LogP contribution >= 0.6 is 15.9 Å². The second-order valence-electron chi connectivity index (χ2n) is 1.96. The lowest BCUT2D eigenvalue weighted by Crippen LogP contribution is -1.83. The zero-order valence-electron chi connectivity index (χ0n) is 5.26. The molecule has 1 rings (SSSR count). The van der Waals surface area contributed by atoms with Crippen molar-refractivity contribution in [1.29, 1.82) is 0 Å². The molecule has 1 aromatic rings. The van der Waals surface area contributed by atoms with E-state index in [4.69, 9.17) is 0 Å². The van der Waals surface area contributed by atoms with E-state index in [1.54, 1.807) is 0 Å². The summed E-state index contributed by atoms with van der Waals surface area (Å²) in [6.07, 6.45) is 1.83. The molecule has 0 atom stereocenters. The van der Waals surface area contributed by atoms with Gasteiger partial charge in [-0.25, -0.2) is 0 Å². The van der Waals surface area contributed by atoms with Gasteiger partial charge in [-0.1, -0.05) is 15.9 Å². The van der Waals surface area contributed by atoms with E-state index < -0.39 is 0 Å². The molecular formula is C7H8BrN. The van der Waals surface area contributed by atoms with Crippen LogP contribution in [0.4, 0.5) is 0 Å². The van der Waals surface area contributed by atoms with E-state index in [2.05, 4.69) is 33.9 Å². The van der Waals surface area contributed by atoms with Gasteiger partial charge >= 0.3 is 0 Å². The van der Waals surface area contributed by atoms with Crippen LogP contribution in [-0.2, 0) is 5.33 Å². The van der Waals surface area contributed by atoms with Crippen LogP contribution in [0, 0.1) is 6.92 Å². The van der Waals surface area contributed by atoms with Gasteiger partial charge in [0.15, 0.2) is 0 Å². The summed E-state index contributed by atoms with van der Waals surface area (Å²) < 4.78 is 0. The van der Waals surface area contributed by atoms with E-state index in [0.29, 0.717) is 0 Å². The van der Waals surface area contributed by atoms with E-state index in [9.17, 15) is 0 Å². The van der Waals surface area contributed by atoms with Crippen LogP contribution in [0.3, 0.4) is 0 Å². The minimum atomic E-state index is 0.842. The highest BCUT2D eigenvalue weighted by atomic mass is 79.9. The summed E-state index contributed by atoms with van der Waals surface area (Å²) in [6.45, 7) is 2.06. The van der Waals surface area contributed by atoms with Gasteiger partial charge in [-0.3, -0.25) is 4.98 Å². The molecule has 0 bridgehead atoms. The Balaban J connectivity index is 2.94. The second kappa shape index (κ2) is 2.97. The monoisotopic (exact) mass is 185 g/mol. The summed E-state index contributed by atoms with van der Waals surface area (Å²) >= 11 is 3.33. The number of hydrogen-bond acceptors (Lipinski definition) is 1. The molecule has 1 heterocycles. The molecule has 0 saturated heterocycles. The van der Waals surface area contributed by atoms with Gasteiger partial charge in [0, 0.05) is 11.5 Å². The molecule has 0 unspecified atom stereocenters. The third-order valence-corrected chi connectivity index (χ3v) is 1.68. The zero-order chi connectivity index (χ0) is 6.69. The Labute approximate surface area is 63.2 Å². The lowest BCUT2D eigenvalue weighted by molar-refractivity contribution is 1.16. The largest absolute Gasteiger partial charge is 0.260 e. The number of nitrogens with zero attached hydrogens (tertiary/aromatic N) is 1. The molecule has 0 radical (unpaired) electrons. The Morgan fingerprint density at radius 2 is 2.44 bits per heavy atom. The maximum absolute atomic E-state index is 4.11. The molecule has 9 heavy (non-hydrogen) atoms. The molecule has 1 aromatic heterocycles. The van der Waals surface area contributed by atoms with E-state index in [1.165, 1.54) is 5.56 Å². The van der Waals surface area contributed by atoms with Crippen LogP contribution in [-0.4, -0.2) is 4.98 Å². The topological polar surface area (TPSA) is 12.9 Å². The van der Waals surface area contributed by atoms with Gasteiger partial charge in [0.25, 0.3) is 0 Å². The normalized spacial score (nSPS) is 9.56. The van der Waals surface area contributed by atoms with Crippen molar-refractivity contribution in [3.05, 3.63) is 29.6 Å². The summed E-state index contributed by atoms with van der Waals surface area (Å²) in [7, 11) is 0. The first kappa shape index (κ1) is 6.75. The maximum Gasteiger partial charge on any atom is 0.0511 e. The Morgan fingerprint density at radius 1 is 1.67 bits per heavy atom. The van der Waals surface area contributed by atoms with Gasteiger partial charge < -0.3 is 0 Å². The summed E-state index contributed by atoms with van der Waals surface area (Å²) in [5.41, 5.74) is 2.36. The zero-order valence-corrected chi connectivity index (χ0v) is 6.85. The van der Waals surface area contributed by atoms with Crippen LogP contribution in [0.5, 0.6) is 0 Å². The molecule has 2 heteroatoms. The Morgan fingerprint density at radius 3 is 2.89 bits per heavy atom. The quantitative estimate of drug-likeness (QED) is 0.613. The van der Waals surface area contributed by atoms with Crippen LogP contribution in [0.1, 0.15) is 11.3 Å². The summed E-state index contributed by atoms with van der Waals surface area (Å²) in [4.78, 5) is 4.11. The van der Waals surface area contributed by atoms with Crippen LogP contribution in [0.2, 0.25) is 0 Å². The standard InChI is InChI=1S/C7H8BrN/c1-6-2-3-9-7(4-6)5-8/h2-4H,5H2,1H3. The first-order chi connectivity index (χ1) is 4.33. The number of hydrogen-bond donors (Lipinski definition) is 0. The minimum absolute atomic E-state index is 0.842. The van der Waals surface area contributed by atoms with Crippen molar-refractivity contribution in [2.45, 2.75) is 12.3 Å². The Hall–Kier alpha value is -0.370. The Kier molecular flexibility index (Phi) is 2.22. The highest BCUT2D eigenvalue weighted by Gasteiger charge is 1.88. The minimum Gasteiger partial charge on any atom is -0.260 e. The number of pyridine rings is 1. The molecule has 0 aliphatic rings. The van der Waals surface area contributed by atoms with Gasteiger partial charge in [0.2, 0.25) is 0 Å². The van der Waals surface area contributed by atoms with Crippen molar-refractivity contribution in [3.8, 4) is 0 Å². The van der Waals surface area contributed by atoms with Crippen LogP contribution in [0.15, 0.2) is 18.3 Å². The molecule has 0 aliphatic carbocycles. The number of rotatable bonds is 1. The Bertz CT molecular complexity index is 198. The van der Waals surface area contributed by atoms with Gasteiger partial charge in [-0.05, 0) is 24.6 Å². The molecule has 1 nitrogen and oxygen atoms in total. The highest BCUT2D eigenvalue weighted by molar-refractivity contribution is 9.08. The van der Waals surface area contributed by atoms with Crippen molar-refractivity contribution in [2.24, 2.45) is 0 Å². The molecule has 0 amide bonds. The highest BCUT2D eigenvalue weighted by Crippen LogP contribution is 2.03. The molecule has 0 spiro atoms.